The van der Waals surface area contributed by atoms with Gasteiger partial charge in [-0.1, -0.05) is 27.7 Å². The van der Waals surface area contributed by atoms with Gasteiger partial charge >= 0.3 is 0 Å². The van der Waals surface area contributed by atoms with Gasteiger partial charge in [-0.25, -0.2) is 0 Å². The van der Waals surface area contributed by atoms with Gasteiger partial charge in [0.2, 0.25) is 0 Å². The van der Waals surface area contributed by atoms with E-state index in [-0.39, 0.29) is 23.2 Å². The molecule has 7 nitrogen and oxygen atoms in total. The highest BCUT2D eigenvalue weighted by Gasteiger charge is 2.20. The van der Waals surface area contributed by atoms with Crippen LogP contribution in [0.3, 0.4) is 0 Å². The minimum Gasteiger partial charge on any atom is -0.489 e. The molecule has 134 valence electrons. The third-order valence-corrected chi connectivity index (χ3v) is 3.94. The molecule has 0 aliphatic rings. The molecule has 0 fully saturated rings. The number of amides is 1. The van der Waals surface area contributed by atoms with Crippen LogP contribution >= 0.6 is 22.6 Å². The van der Waals surface area contributed by atoms with Crippen molar-refractivity contribution >= 4 is 28.5 Å². The Bertz CT molecular complexity index is 748. The van der Waals surface area contributed by atoms with E-state index < -0.39 is 0 Å². The molecule has 8 heteroatoms. The van der Waals surface area contributed by atoms with E-state index in [0.717, 1.165) is 5.57 Å². The normalized spacial score (nSPS) is 12.1. The van der Waals surface area contributed by atoms with Gasteiger partial charge in [0.15, 0.2) is 0 Å². The lowest BCUT2D eigenvalue weighted by molar-refractivity contribution is 0.0906. The first-order valence-corrected chi connectivity index (χ1v) is 8.94. The van der Waals surface area contributed by atoms with Gasteiger partial charge in [-0.15, -0.1) is 0 Å². The van der Waals surface area contributed by atoms with E-state index in [1.165, 1.54) is 0 Å². The number of benzene rings is 1. The van der Waals surface area contributed by atoms with Crippen molar-refractivity contribution in [3.63, 3.8) is 0 Å². The molecule has 1 heterocycles. The summed E-state index contributed by atoms with van der Waals surface area (Å²) in [4.78, 5) is 16.2. The molecule has 1 aromatic carbocycles. The van der Waals surface area contributed by atoms with Crippen LogP contribution in [0.25, 0.3) is 11.5 Å². The second-order valence-corrected chi connectivity index (χ2v) is 7.03. The van der Waals surface area contributed by atoms with E-state index >= 15 is 0 Å². The number of halogens is 1. The van der Waals surface area contributed by atoms with Crippen LogP contribution in [0.5, 0.6) is 5.75 Å². The molecule has 0 atom stereocenters. The number of ether oxygens (including phenoxy) is 1. The van der Waals surface area contributed by atoms with Crippen LogP contribution in [0.1, 0.15) is 31.4 Å². The van der Waals surface area contributed by atoms with Gasteiger partial charge in [-0.3, -0.25) is 4.79 Å². The van der Waals surface area contributed by atoms with Crippen molar-refractivity contribution in [2.24, 2.45) is 5.73 Å². The van der Waals surface area contributed by atoms with Crippen LogP contribution in [0.4, 0.5) is 0 Å². The summed E-state index contributed by atoms with van der Waals surface area (Å²) in [5, 5.41) is 6.52. The first-order valence-electron chi connectivity index (χ1n) is 7.70. The molecule has 0 aliphatic heterocycles. The lowest BCUT2D eigenvalue weighted by Gasteiger charge is -2.18. The van der Waals surface area contributed by atoms with Crippen molar-refractivity contribution in [3.05, 3.63) is 39.7 Å². The standard InChI is InChI=1S/C17H21IN4O3/c1-17(2,3)21-15(23)14-20-16(25-22-14)12-4-6-13(7-5-12)24-10-11(8-18)9-19/h4-8H,9-10,19H2,1-3H3,(H,21,23)/b11-8+. The molecule has 0 unspecified atom stereocenters. The third kappa shape index (κ3) is 5.82. The average Bonchev–Trinajstić information content (AvgIpc) is 3.05. The fraction of sp³-hybridized carbons (Fsp3) is 0.353. The summed E-state index contributed by atoms with van der Waals surface area (Å²) in [6.07, 6.45) is 0. The van der Waals surface area contributed by atoms with E-state index in [1.807, 2.05) is 24.9 Å². The molecule has 25 heavy (non-hydrogen) atoms. The Morgan fingerprint density at radius 2 is 2.04 bits per heavy atom. The number of hydrogen-bond donors (Lipinski definition) is 2. The highest BCUT2D eigenvalue weighted by Crippen LogP contribution is 2.21. The maximum absolute atomic E-state index is 12.0. The van der Waals surface area contributed by atoms with Gasteiger partial charge in [-0.2, -0.15) is 4.98 Å². The zero-order valence-corrected chi connectivity index (χ0v) is 16.5. The maximum atomic E-state index is 12.0. The summed E-state index contributed by atoms with van der Waals surface area (Å²) in [5.41, 5.74) is 6.95. The Hall–Kier alpha value is -1.94. The van der Waals surface area contributed by atoms with E-state index in [9.17, 15) is 4.79 Å². The Kier molecular flexibility index (Phi) is 6.54. The number of carbonyl (C=O) groups is 1. The largest absolute Gasteiger partial charge is 0.489 e. The molecule has 2 rings (SSSR count). The average molecular weight is 456 g/mol. The summed E-state index contributed by atoms with van der Waals surface area (Å²) in [7, 11) is 0. The predicted octanol–water partition coefficient (Wildman–Crippen LogP) is 2.92. The molecule has 0 radical (unpaired) electrons. The van der Waals surface area contributed by atoms with Crippen molar-refractivity contribution in [2.45, 2.75) is 26.3 Å². The van der Waals surface area contributed by atoms with Gasteiger partial charge < -0.3 is 20.3 Å². The van der Waals surface area contributed by atoms with Gasteiger partial charge in [0.05, 0.1) is 0 Å². The van der Waals surface area contributed by atoms with Gasteiger partial charge in [0.25, 0.3) is 17.6 Å². The Labute approximate surface area is 160 Å². The predicted molar refractivity (Wildman–Crippen MR) is 104 cm³/mol. The molecular weight excluding hydrogens is 435 g/mol. The van der Waals surface area contributed by atoms with Crippen molar-refractivity contribution in [3.8, 4) is 17.2 Å². The second-order valence-electron chi connectivity index (χ2n) is 6.41. The number of rotatable bonds is 6. The Morgan fingerprint density at radius 1 is 1.36 bits per heavy atom. The summed E-state index contributed by atoms with van der Waals surface area (Å²) in [6, 6.07) is 7.19. The lowest BCUT2D eigenvalue weighted by atomic mass is 10.1. The van der Waals surface area contributed by atoms with E-state index in [2.05, 4.69) is 38.0 Å². The molecule has 0 saturated heterocycles. The Balaban J connectivity index is 2.04. The molecular formula is C17H21IN4O3. The zero-order valence-electron chi connectivity index (χ0n) is 14.4. The molecule has 0 bridgehead atoms. The number of nitrogens with two attached hydrogens (primary N) is 1. The monoisotopic (exact) mass is 456 g/mol. The van der Waals surface area contributed by atoms with Crippen molar-refractivity contribution < 1.29 is 14.1 Å². The molecule has 0 saturated carbocycles. The number of hydrogen-bond acceptors (Lipinski definition) is 6. The fourth-order valence-electron chi connectivity index (χ4n) is 1.83. The number of nitrogens with zero attached hydrogens (tertiary/aromatic N) is 2. The molecule has 1 aromatic heterocycles. The third-order valence-electron chi connectivity index (χ3n) is 3.06. The molecule has 0 aliphatic carbocycles. The minimum atomic E-state index is -0.373. The molecule has 0 spiro atoms. The minimum absolute atomic E-state index is 0.00465. The summed E-state index contributed by atoms with van der Waals surface area (Å²) < 4.78 is 12.7. The van der Waals surface area contributed by atoms with Gasteiger partial charge in [-0.05, 0) is 54.7 Å². The molecule has 2 aromatic rings. The number of aromatic nitrogens is 2. The van der Waals surface area contributed by atoms with E-state index in [1.54, 1.807) is 24.3 Å². The maximum Gasteiger partial charge on any atom is 0.293 e. The van der Waals surface area contributed by atoms with E-state index in [4.69, 9.17) is 15.0 Å². The molecule has 3 N–H and O–H groups in total. The Morgan fingerprint density at radius 3 is 2.60 bits per heavy atom. The zero-order chi connectivity index (χ0) is 18.4. The molecule has 1 amide bonds. The quantitative estimate of drug-likeness (QED) is 0.649. The summed E-state index contributed by atoms with van der Waals surface area (Å²) >= 11 is 2.14. The fourth-order valence-corrected chi connectivity index (χ4v) is 2.27. The lowest BCUT2D eigenvalue weighted by Crippen LogP contribution is -2.41. The second kappa shape index (κ2) is 8.43. The van der Waals surface area contributed by atoms with Crippen LogP contribution in [-0.4, -0.2) is 34.7 Å². The summed E-state index contributed by atoms with van der Waals surface area (Å²) in [6.45, 7) is 6.55. The van der Waals surface area contributed by atoms with Crippen LogP contribution in [0, 0.1) is 0 Å². The topological polar surface area (TPSA) is 103 Å². The first kappa shape index (κ1) is 19.4. The van der Waals surface area contributed by atoms with Gasteiger partial charge in [0.1, 0.15) is 12.4 Å². The number of nitrogens with one attached hydrogen (secondary N) is 1. The van der Waals surface area contributed by atoms with Crippen molar-refractivity contribution in [1.82, 2.24) is 15.5 Å². The van der Waals surface area contributed by atoms with Gasteiger partial charge in [0, 0.05) is 17.6 Å². The van der Waals surface area contributed by atoms with Crippen molar-refractivity contribution in [2.75, 3.05) is 13.2 Å². The van der Waals surface area contributed by atoms with Crippen LogP contribution in [-0.2, 0) is 0 Å². The summed E-state index contributed by atoms with van der Waals surface area (Å²) in [5.74, 6) is 0.617. The van der Waals surface area contributed by atoms with Crippen LogP contribution < -0.4 is 15.8 Å². The first-order chi connectivity index (χ1) is 11.8. The van der Waals surface area contributed by atoms with E-state index in [0.29, 0.717) is 24.5 Å². The van der Waals surface area contributed by atoms with Crippen LogP contribution in [0.15, 0.2) is 38.4 Å². The highest BCUT2D eigenvalue weighted by atomic mass is 127. The van der Waals surface area contributed by atoms with Crippen LogP contribution in [0.2, 0.25) is 0 Å². The SMILES string of the molecule is CC(C)(C)NC(=O)c1noc(-c2ccc(OC/C(=C/I)CN)cc2)n1. The highest BCUT2D eigenvalue weighted by molar-refractivity contribution is 14.1. The van der Waals surface area contributed by atoms with Crippen molar-refractivity contribution in [1.29, 1.82) is 0 Å². The number of carbonyl (C=O) groups excluding carboxylic acids is 1. The smallest absolute Gasteiger partial charge is 0.293 e.